The lowest BCUT2D eigenvalue weighted by molar-refractivity contribution is -0.115. The lowest BCUT2D eigenvalue weighted by atomic mass is 10.2. The van der Waals surface area contributed by atoms with Crippen LogP contribution in [-0.2, 0) is 4.79 Å². The zero-order valence-corrected chi connectivity index (χ0v) is 10.7. The van der Waals surface area contributed by atoms with Gasteiger partial charge in [0.25, 0.3) is 0 Å². The van der Waals surface area contributed by atoms with Crippen molar-refractivity contribution in [2.24, 2.45) is 4.99 Å². The van der Waals surface area contributed by atoms with Gasteiger partial charge >= 0.3 is 5.91 Å². The van der Waals surface area contributed by atoms with Crippen molar-refractivity contribution < 1.29 is 4.79 Å². The fraction of sp³-hybridized carbons (Fsp3) is 0.333. The molecule has 0 saturated heterocycles. The van der Waals surface area contributed by atoms with E-state index in [0.29, 0.717) is 12.2 Å². The highest BCUT2D eigenvalue weighted by Gasteiger charge is 2.11. The van der Waals surface area contributed by atoms with Crippen LogP contribution in [0.25, 0.3) is 0 Å². The van der Waals surface area contributed by atoms with Gasteiger partial charge in [0.1, 0.15) is 5.70 Å². The summed E-state index contributed by atoms with van der Waals surface area (Å²) >= 11 is 4.42. The molecule has 0 heterocycles. The molecule has 0 aromatic rings. The molecule has 16 heavy (non-hydrogen) atoms. The van der Waals surface area contributed by atoms with Crippen LogP contribution in [-0.4, -0.2) is 29.6 Å². The molecule has 1 amide bonds. The van der Waals surface area contributed by atoms with Crippen molar-refractivity contribution in [2.75, 3.05) is 13.6 Å². The predicted molar refractivity (Wildman–Crippen MR) is 70.4 cm³/mol. The first-order valence-electron chi connectivity index (χ1n) is 4.91. The molecule has 0 aromatic heterocycles. The minimum absolute atomic E-state index is 0.379. The Kier molecular flexibility index (Phi) is 7.01. The van der Waals surface area contributed by atoms with Crippen molar-refractivity contribution in [3.05, 3.63) is 36.1 Å². The number of hydrogen-bond donors (Lipinski definition) is 0. The molecule has 3 nitrogen and oxygen atoms in total. The van der Waals surface area contributed by atoms with Crippen LogP contribution in [0.3, 0.4) is 0 Å². The Bertz CT molecular complexity index is 376. The Labute approximate surface area is 102 Å². The number of aliphatic imine (C=N–C) groups is 1. The van der Waals surface area contributed by atoms with E-state index < -0.39 is 0 Å². The van der Waals surface area contributed by atoms with E-state index >= 15 is 0 Å². The van der Waals surface area contributed by atoms with Crippen molar-refractivity contribution in [2.45, 2.75) is 13.8 Å². The summed E-state index contributed by atoms with van der Waals surface area (Å²) in [5.41, 5.74) is 1.42. The number of rotatable bonds is 5. The van der Waals surface area contributed by atoms with Gasteiger partial charge in [-0.3, -0.25) is 4.79 Å². The van der Waals surface area contributed by atoms with E-state index in [-0.39, 0.29) is 5.91 Å². The first-order valence-corrected chi connectivity index (χ1v) is 5.32. The number of amides is 1. The van der Waals surface area contributed by atoms with Crippen LogP contribution >= 0.6 is 12.2 Å². The number of likely N-dealkylation sites (N-methyl/N-ethyl adjacent to an activating group) is 1. The average molecular weight is 236 g/mol. The van der Waals surface area contributed by atoms with Crippen LogP contribution < -0.4 is 0 Å². The van der Waals surface area contributed by atoms with Gasteiger partial charge in [0.05, 0.1) is 5.16 Å². The zero-order valence-electron chi connectivity index (χ0n) is 9.86. The molecule has 0 unspecified atom stereocenters. The van der Waals surface area contributed by atoms with E-state index in [9.17, 15) is 4.79 Å². The Morgan fingerprint density at radius 2 is 2.25 bits per heavy atom. The van der Waals surface area contributed by atoms with Crippen LogP contribution in [0.2, 0.25) is 0 Å². The van der Waals surface area contributed by atoms with Crippen molar-refractivity contribution >= 4 is 23.3 Å². The second kappa shape index (κ2) is 7.74. The molecule has 0 atom stereocenters. The number of allylic oxidation sites excluding steroid dienone is 4. The molecule has 0 bridgehead atoms. The molecule has 0 saturated carbocycles. The first kappa shape index (κ1) is 14.5. The monoisotopic (exact) mass is 236 g/mol. The van der Waals surface area contributed by atoms with Gasteiger partial charge in [-0.25, -0.2) is 0 Å². The third-order valence-electron chi connectivity index (χ3n) is 2.00. The predicted octanol–water partition coefficient (Wildman–Crippen LogP) is 2.58. The number of carbonyl (C=O) groups excluding carboxylic acids is 1. The summed E-state index contributed by atoms with van der Waals surface area (Å²) in [6.45, 7) is 8.15. The van der Waals surface area contributed by atoms with Gasteiger partial charge in [-0.15, -0.1) is 0 Å². The van der Waals surface area contributed by atoms with Gasteiger partial charge in [0, 0.05) is 13.6 Å². The lowest BCUT2D eigenvalue weighted by Gasteiger charge is -2.17. The Balaban J connectivity index is 5.23. The van der Waals surface area contributed by atoms with E-state index in [1.54, 1.807) is 17.1 Å². The van der Waals surface area contributed by atoms with Crippen LogP contribution in [0.4, 0.5) is 0 Å². The van der Waals surface area contributed by atoms with Crippen molar-refractivity contribution in [1.29, 1.82) is 0 Å². The molecule has 0 aliphatic rings. The number of isothiocyanates is 1. The van der Waals surface area contributed by atoms with Crippen LogP contribution in [0, 0.1) is 0 Å². The minimum Gasteiger partial charge on any atom is -0.370 e. The summed E-state index contributed by atoms with van der Waals surface area (Å²) in [4.78, 5) is 16.9. The van der Waals surface area contributed by atoms with E-state index in [4.69, 9.17) is 0 Å². The smallest absolute Gasteiger partial charge is 0.302 e. The second-order valence-electron chi connectivity index (χ2n) is 3.20. The average Bonchev–Trinajstić information content (AvgIpc) is 2.25. The van der Waals surface area contributed by atoms with Gasteiger partial charge in [0.2, 0.25) is 0 Å². The lowest BCUT2D eigenvalue weighted by Crippen LogP contribution is -2.22. The van der Waals surface area contributed by atoms with Gasteiger partial charge in [-0.1, -0.05) is 18.7 Å². The summed E-state index contributed by atoms with van der Waals surface area (Å²) in [6, 6.07) is 0. The molecule has 0 radical (unpaired) electrons. The number of thiocarbonyl (C=S) groups is 1. The number of nitrogens with zero attached hydrogens (tertiary/aromatic N) is 2. The Morgan fingerprint density at radius 1 is 1.62 bits per heavy atom. The van der Waals surface area contributed by atoms with Crippen molar-refractivity contribution in [3.63, 3.8) is 0 Å². The largest absolute Gasteiger partial charge is 0.370 e. The summed E-state index contributed by atoms with van der Waals surface area (Å²) in [6.07, 6.45) is 5.24. The molecule has 0 rings (SSSR count). The first-order chi connectivity index (χ1) is 7.56. The minimum atomic E-state index is -0.379. The highest BCUT2D eigenvalue weighted by molar-refractivity contribution is 7.78. The normalized spacial score (nSPS) is 11.7. The maximum absolute atomic E-state index is 11.6. The van der Waals surface area contributed by atoms with Gasteiger partial charge in [0.15, 0.2) is 0 Å². The van der Waals surface area contributed by atoms with Crippen LogP contribution in [0.1, 0.15) is 13.8 Å². The van der Waals surface area contributed by atoms with Crippen LogP contribution in [0.5, 0.6) is 0 Å². The van der Waals surface area contributed by atoms with Gasteiger partial charge in [-0.05, 0) is 37.7 Å². The highest BCUT2D eigenvalue weighted by Crippen LogP contribution is 2.08. The molecule has 0 aromatic carbocycles. The quantitative estimate of drug-likeness (QED) is 0.318. The molecular weight excluding hydrogens is 220 g/mol. The standard InChI is InChI=1S/C12H16N2OS/c1-5-7-10(3)8-11(14(4)6-2)12(15)13-9-16/h5,7-8H,1,6H2,2-4H3/b10-7+,11-8-. The summed E-state index contributed by atoms with van der Waals surface area (Å²) < 4.78 is 0. The third-order valence-corrected chi connectivity index (χ3v) is 2.09. The molecular formula is C12H16N2OS. The fourth-order valence-electron chi connectivity index (χ4n) is 1.05. The highest BCUT2D eigenvalue weighted by atomic mass is 32.1. The summed E-state index contributed by atoms with van der Waals surface area (Å²) in [7, 11) is 1.82. The molecule has 0 spiro atoms. The summed E-state index contributed by atoms with van der Waals surface area (Å²) in [5.74, 6) is -0.379. The van der Waals surface area contributed by atoms with E-state index in [2.05, 4.69) is 29.0 Å². The molecule has 0 aliphatic carbocycles. The molecule has 0 N–H and O–H groups in total. The maximum Gasteiger partial charge on any atom is 0.302 e. The molecule has 0 aliphatic heterocycles. The molecule has 86 valence electrons. The van der Waals surface area contributed by atoms with E-state index in [0.717, 1.165) is 5.57 Å². The third kappa shape index (κ3) is 4.82. The number of hydrogen-bond acceptors (Lipinski definition) is 3. The molecule has 0 fully saturated rings. The second-order valence-corrected chi connectivity index (χ2v) is 3.38. The van der Waals surface area contributed by atoms with Gasteiger partial charge in [-0.2, -0.15) is 4.99 Å². The van der Waals surface area contributed by atoms with Crippen molar-refractivity contribution in [3.8, 4) is 0 Å². The number of carbonyl (C=O) groups is 1. The molecule has 4 heteroatoms. The van der Waals surface area contributed by atoms with Crippen LogP contribution in [0.15, 0.2) is 41.1 Å². The van der Waals surface area contributed by atoms with E-state index in [1.165, 1.54) is 0 Å². The summed E-state index contributed by atoms with van der Waals surface area (Å²) in [5, 5.41) is 2.08. The Morgan fingerprint density at radius 3 is 2.69 bits per heavy atom. The van der Waals surface area contributed by atoms with Crippen molar-refractivity contribution in [1.82, 2.24) is 4.90 Å². The fourth-order valence-corrected chi connectivity index (χ4v) is 1.14. The Hall–Kier alpha value is -1.51. The SMILES string of the molecule is C=C/C=C(C)/C=C(/C(=O)N=C=S)N(C)CC. The van der Waals surface area contributed by atoms with E-state index in [1.807, 2.05) is 27.0 Å². The topological polar surface area (TPSA) is 32.7 Å². The van der Waals surface area contributed by atoms with Gasteiger partial charge < -0.3 is 4.90 Å². The maximum atomic E-state index is 11.6. The zero-order chi connectivity index (χ0) is 12.6.